The van der Waals surface area contributed by atoms with Gasteiger partial charge in [0.25, 0.3) is 0 Å². The van der Waals surface area contributed by atoms with Crippen molar-refractivity contribution < 1.29 is 4.79 Å². The average Bonchev–Trinajstić information content (AvgIpc) is 3.14. The first kappa shape index (κ1) is 21.8. The van der Waals surface area contributed by atoms with Gasteiger partial charge in [0.1, 0.15) is 0 Å². The molecule has 1 fully saturated rings. The van der Waals surface area contributed by atoms with Crippen LogP contribution in [0.25, 0.3) is 11.4 Å². The third-order valence-corrected chi connectivity index (χ3v) is 6.61. The fourth-order valence-electron chi connectivity index (χ4n) is 3.65. The third-order valence-electron chi connectivity index (χ3n) is 5.35. The summed E-state index contributed by atoms with van der Waals surface area (Å²) >= 11 is 7.39. The summed E-state index contributed by atoms with van der Waals surface area (Å²) in [6, 6.07) is 16.3. The lowest BCUT2D eigenvalue weighted by Gasteiger charge is -2.26. The number of rotatable bonds is 7. The lowest BCUT2D eigenvalue weighted by molar-refractivity contribution is -0.116. The molecular formula is C23H27N5OS2. The van der Waals surface area contributed by atoms with Crippen LogP contribution >= 0.6 is 24.0 Å². The molecule has 1 aromatic heterocycles. The van der Waals surface area contributed by atoms with Gasteiger partial charge < -0.3 is 5.32 Å². The van der Waals surface area contributed by atoms with Crippen molar-refractivity contribution in [3.8, 4) is 11.4 Å². The number of thioether (sulfide) groups is 1. The molecule has 162 valence electrons. The average molecular weight is 454 g/mol. The Kier molecular flexibility index (Phi) is 7.21. The molecule has 1 amide bonds. The number of benzene rings is 2. The van der Waals surface area contributed by atoms with Crippen molar-refractivity contribution >= 4 is 35.6 Å². The molecule has 3 aromatic rings. The molecule has 0 radical (unpaired) electrons. The highest BCUT2D eigenvalue weighted by molar-refractivity contribution is 7.99. The molecule has 8 heteroatoms. The predicted molar refractivity (Wildman–Crippen MR) is 130 cm³/mol. The maximum atomic E-state index is 12.6. The molecule has 0 spiro atoms. The number of anilines is 1. The van der Waals surface area contributed by atoms with Crippen molar-refractivity contribution in [3.63, 3.8) is 0 Å². The molecule has 2 aromatic carbocycles. The summed E-state index contributed by atoms with van der Waals surface area (Å²) in [4.78, 5) is 15.1. The van der Waals surface area contributed by atoms with Crippen LogP contribution in [0, 0.1) is 11.7 Å². The van der Waals surface area contributed by atoms with Gasteiger partial charge >= 0.3 is 0 Å². The number of nitrogens with one attached hydrogen (secondary N) is 2. The van der Waals surface area contributed by atoms with E-state index >= 15 is 0 Å². The maximum absolute atomic E-state index is 12.6. The first-order valence-corrected chi connectivity index (χ1v) is 12.1. The number of carbonyl (C=O) groups excluding carboxylic acids is 1. The quantitative estimate of drug-likeness (QED) is 0.516. The van der Waals surface area contributed by atoms with Crippen molar-refractivity contribution in [3.05, 3.63) is 64.4 Å². The van der Waals surface area contributed by atoms with E-state index in [1.807, 2.05) is 59.7 Å². The van der Waals surface area contributed by atoms with Crippen molar-refractivity contribution in [2.75, 3.05) is 29.9 Å². The van der Waals surface area contributed by atoms with E-state index in [2.05, 4.69) is 32.5 Å². The van der Waals surface area contributed by atoms with Gasteiger partial charge in [-0.05, 0) is 36.8 Å². The highest BCUT2D eigenvalue weighted by Gasteiger charge is 2.13. The van der Waals surface area contributed by atoms with E-state index in [4.69, 9.17) is 12.2 Å². The molecule has 1 aliphatic heterocycles. The smallest absolute Gasteiger partial charge is 0.226 e. The largest absolute Gasteiger partial charge is 0.326 e. The van der Waals surface area contributed by atoms with Crippen molar-refractivity contribution in [2.24, 2.45) is 0 Å². The fraction of sp³-hybridized carbons (Fsp3) is 0.348. The summed E-state index contributed by atoms with van der Waals surface area (Å²) in [6.45, 7) is 5.68. The number of H-pyrrole nitrogens is 1. The van der Waals surface area contributed by atoms with E-state index in [0.717, 1.165) is 36.7 Å². The molecule has 6 nitrogen and oxygen atoms in total. The Morgan fingerprint density at radius 2 is 1.97 bits per heavy atom. The molecule has 1 aliphatic rings. The molecule has 0 bridgehead atoms. The molecule has 0 saturated carbocycles. The number of aromatic nitrogens is 3. The maximum Gasteiger partial charge on any atom is 0.226 e. The first-order valence-electron chi connectivity index (χ1n) is 10.5. The second kappa shape index (κ2) is 10.3. The van der Waals surface area contributed by atoms with E-state index < -0.39 is 0 Å². The Hall–Kier alpha value is -2.42. The second-order valence-electron chi connectivity index (χ2n) is 7.76. The Bertz CT molecular complexity index is 1080. The van der Waals surface area contributed by atoms with Crippen molar-refractivity contribution in [2.45, 2.75) is 26.4 Å². The van der Waals surface area contributed by atoms with Crippen LogP contribution in [-0.4, -0.2) is 50.2 Å². The summed E-state index contributed by atoms with van der Waals surface area (Å²) in [5.74, 6) is 3.10. The second-order valence-corrected chi connectivity index (χ2v) is 9.37. The molecule has 0 unspecified atom stereocenters. The topological polar surface area (TPSA) is 66.0 Å². The number of aryl methyl sites for hydroxylation is 1. The van der Waals surface area contributed by atoms with Crippen molar-refractivity contribution in [1.82, 2.24) is 19.7 Å². The Morgan fingerprint density at radius 3 is 2.74 bits per heavy atom. The van der Waals surface area contributed by atoms with E-state index in [9.17, 15) is 4.79 Å². The summed E-state index contributed by atoms with van der Waals surface area (Å²) < 4.78 is 2.40. The molecule has 4 rings (SSSR count). The van der Waals surface area contributed by atoms with Gasteiger partial charge in [0.05, 0.1) is 0 Å². The molecule has 0 aliphatic carbocycles. The molecule has 2 heterocycles. The van der Waals surface area contributed by atoms with E-state index in [1.165, 1.54) is 22.6 Å². The number of hydrogen-bond acceptors (Lipinski definition) is 5. The van der Waals surface area contributed by atoms with Crippen molar-refractivity contribution in [1.29, 1.82) is 0 Å². The normalized spacial score (nSPS) is 14.5. The lowest BCUT2D eigenvalue weighted by atomic mass is 10.1. The van der Waals surface area contributed by atoms with Crippen LogP contribution in [0.1, 0.15) is 17.5 Å². The van der Waals surface area contributed by atoms with E-state index in [1.54, 1.807) is 0 Å². The predicted octanol–water partition coefficient (Wildman–Crippen LogP) is 4.49. The number of amides is 1. The summed E-state index contributed by atoms with van der Waals surface area (Å²) in [5, 5.41) is 10.2. The van der Waals surface area contributed by atoms with Crippen LogP contribution in [0.4, 0.5) is 5.69 Å². The van der Waals surface area contributed by atoms with Gasteiger partial charge in [-0.2, -0.15) is 16.9 Å². The summed E-state index contributed by atoms with van der Waals surface area (Å²) in [6.07, 6.45) is 0.320. The Labute approximate surface area is 192 Å². The first-order chi connectivity index (χ1) is 15.1. The SMILES string of the molecule is Cc1ccc(-c2n[nH]c(=S)n2CCC(=O)Nc2cccc(CN3CCSCC3)c2)cc1. The van der Waals surface area contributed by atoms with Crippen LogP contribution < -0.4 is 5.32 Å². The highest BCUT2D eigenvalue weighted by Crippen LogP contribution is 2.19. The Balaban J connectivity index is 1.37. The van der Waals surface area contributed by atoms with Gasteiger partial charge in [-0.25, -0.2) is 0 Å². The zero-order chi connectivity index (χ0) is 21.6. The lowest BCUT2D eigenvalue weighted by Crippen LogP contribution is -2.31. The van der Waals surface area contributed by atoms with Gasteiger partial charge in [0.2, 0.25) is 5.91 Å². The number of carbonyl (C=O) groups is 1. The van der Waals surface area contributed by atoms with Gasteiger partial charge in [-0.3, -0.25) is 19.4 Å². The number of hydrogen-bond donors (Lipinski definition) is 2. The number of aromatic amines is 1. The van der Waals surface area contributed by atoms with Gasteiger partial charge in [0, 0.05) is 55.4 Å². The van der Waals surface area contributed by atoms with Crippen LogP contribution in [0.3, 0.4) is 0 Å². The van der Waals surface area contributed by atoms with E-state index in [-0.39, 0.29) is 5.91 Å². The molecule has 0 atom stereocenters. The monoisotopic (exact) mass is 453 g/mol. The molecule has 31 heavy (non-hydrogen) atoms. The Morgan fingerprint density at radius 1 is 1.19 bits per heavy atom. The zero-order valence-electron chi connectivity index (χ0n) is 17.6. The minimum atomic E-state index is -0.0375. The van der Waals surface area contributed by atoms with Crippen LogP contribution in [0.2, 0.25) is 0 Å². The van der Waals surface area contributed by atoms with Crippen LogP contribution in [0.5, 0.6) is 0 Å². The fourth-order valence-corrected chi connectivity index (χ4v) is 4.85. The van der Waals surface area contributed by atoms with Crippen LogP contribution in [0.15, 0.2) is 48.5 Å². The summed E-state index contributed by atoms with van der Waals surface area (Å²) in [5.41, 5.74) is 4.22. The van der Waals surface area contributed by atoms with Gasteiger partial charge in [0.15, 0.2) is 10.6 Å². The standard InChI is InChI=1S/C23H27N5OS2/c1-17-5-7-19(8-6-17)22-25-26-23(30)28(22)10-9-21(29)24-20-4-2-3-18(15-20)16-27-11-13-31-14-12-27/h2-8,15H,9-14,16H2,1H3,(H,24,29)(H,26,30). The summed E-state index contributed by atoms with van der Waals surface area (Å²) in [7, 11) is 0. The third kappa shape index (κ3) is 5.84. The highest BCUT2D eigenvalue weighted by atomic mass is 32.2. The minimum absolute atomic E-state index is 0.0375. The number of nitrogens with zero attached hydrogens (tertiary/aromatic N) is 3. The van der Waals surface area contributed by atoms with Crippen LogP contribution in [-0.2, 0) is 17.9 Å². The zero-order valence-corrected chi connectivity index (χ0v) is 19.3. The van der Waals surface area contributed by atoms with Gasteiger partial charge in [-0.1, -0.05) is 42.0 Å². The molecular weight excluding hydrogens is 426 g/mol. The molecule has 2 N–H and O–H groups in total. The van der Waals surface area contributed by atoms with Gasteiger partial charge in [-0.15, -0.1) is 0 Å². The van der Waals surface area contributed by atoms with E-state index in [0.29, 0.717) is 17.7 Å². The molecule has 1 saturated heterocycles. The minimum Gasteiger partial charge on any atom is -0.326 e.